The highest BCUT2D eigenvalue weighted by molar-refractivity contribution is 7.52. The number of benzene rings is 2. The number of ether oxygens (including phenoxy) is 4. The van der Waals surface area contributed by atoms with Crippen molar-refractivity contribution in [2.45, 2.75) is 65.1 Å². The maximum Gasteiger partial charge on any atom is 0.459 e. The molecule has 4 N–H and O–H groups in total. The van der Waals surface area contributed by atoms with Crippen LogP contribution in [0.15, 0.2) is 67.0 Å². The maximum atomic E-state index is 14.9. The van der Waals surface area contributed by atoms with Crippen molar-refractivity contribution < 1.29 is 55.8 Å². The van der Waals surface area contributed by atoms with Crippen molar-refractivity contribution >= 4 is 44.5 Å². The van der Waals surface area contributed by atoms with E-state index in [9.17, 15) is 24.0 Å². The summed E-state index contributed by atoms with van der Waals surface area (Å²) in [7, 11) is -7.84. The first-order valence-corrected chi connectivity index (χ1v) is 20.8. The number of rotatable bonds is 19. The van der Waals surface area contributed by atoms with E-state index in [1.165, 1.54) is 63.0 Å². The summed E-state index contributed by atoms with van der Waals surface area (Å²) in [6.45, 7) is 6.89. The van der Waals surface area contributed by atoms with Crippen LogP contribution in [-0.2, 0) is 42.0 Å². The van der Waals surface area contributed by atoms with Crippen LogP contribution in [0, 0.1) is 16.7 Å². The number of carbonyl (C=O) groups excluding carboxylic acids is 2. The number of aromatic nitrogens is 4. The molecule has 5 rings (SSSR count). The fourth-order valence-corrected chi connectivity index (χ4v) is 9.04. The zero-order valence-corrected chi connectivity index (χ0v) is 33.8. The van der Waals surface area contributed by atoms with Gasteiger partial charge in [-0.2, -0.15) is 25.4 Å². The molecule has 0 radical (unpaired) electrons. The second-order valence-corrected chi connectivity index (χ2v) is 16.0. The van der Waals surface area contributed by atoms with Crippen LogP contribution >= 0.6 is 15.5 Å². The van der Waals surface area contributed by atoms with E-state index in [1.54, 1.807) is 50.2 Å². The number of nitrogens with one attached hydrogen (secondary N) is 2. The van der Waals surface area contributed by atoms with Crippen molar-refractivity contribution in [1.82, 2.24) is 29.7 Å². The number of anilines is 1. The Morgan fingerprint density at radius 2 is 1.49 bits per heavy atom. The van der Waals surface area contributed by atoms with Crippen LogP contribution in [0.4, 0.5) is 5.95 Å². The van der Waals surface area contributed by atoms with E-state index in [4.69, 9.17) is 42.8 Å². The van der Waals surface area contributed by atoms with Gasteiger partial charge in [-0.1, -0.05) is 36.4 Å². The highest BCUT2D eigenvalue weighted by Gasteiger charge is 2.60. The summed E-state index contributed by atoms with van der Waals surface area (Å²) in [5, 5.41) is 16.1. The Kier molecular flexibility index (Phi) is 13.9. The number of nitrogens with zero attached hydrogens (tertiary/aromatic N) is 5. The minimum atomic E-state index is -4.69. The van der Waals surface area contributed by atoms with Crippen LogP contribution in [-0.4, -0.2) is 82.7 Å². The molecule has 1 aliphatic heterocycles. The van der Waals surface area contributed by atoms with Crippen LogP contribution in [0.1, 0.15) is 40.8 Å². The topological polar surface area (TPSA) is 260 Å². The molecular formula is C35H44N8O12P2. The Hall–Kier alpha value is -5.12. The number of carbonyl (C=O) groups is 2. The van der Waals surface area contributed by atoms with Gasteiger partial charge in [-0.3, -0.25) is 23.2 Å². The Morgan fingerprint density at radius 3 is 2.02 bits per heavy atom. The Labute approximate surface area is 328 Å². The van der Waals surface area contributed by atoms with E-state index < -0.39 is 70.0 Å². The smallest absolute Gasteiger partial charge is 0.459 e. The SMILES string of the molecule is CCOC(=O)[C@H](C)NP(=O)(OC[C@H]1O[C@@H](n2cnc3c(OC)nc(N)nc32)[C@](C)(C#N)[C@@H]1OP(=O)(N[C@@H](C)C(=O)OCC)Oc1ccccc1)Oc1ccccc1. The van der Waals surface area contributed by atoms with Crippen molar-refractivity contribution in [3.63, 3.8) is 0 Å². The maximum absolute atomic E-state index is 14.9. The zero-order chi connectivity index (χ0) is 41.4. The third kappa shape index (κ3) is 10.1. The molecule has 3 heterocycles. The number of para-hydroxylation sites is 2. The fourth-order valence-electron chi connectivity index (χ4n) is 5.75. The van der Waals surface area contributed by atoms with Gasteiger partial charge >= 0.3 is 27.4 Å². The number of nitriles is 1. The van der Waals surface area contributed by atoms with Crippen molar-refractivity contribution in [2.75, 3.05) is 32.7 Å². The number of imidazole rings is 1. The molecule has 20 nitrogen and oxygen atoms in total. The largest absolute Gasteiger partial charge is 0.479 e. The van der Waals surface area contributed by atoms with Gasteiger partial charge in [-0.25, -0.2) is 14.1 Å². The summed E-state index contributed by atoms with van der Waals surface area (Å²) in [6.07, 6.45) is -3.03. The first kappa shape index (κ1) is 43.0. The molecule has 2 unspecified atom stereocenters. The number of hydrogen-bond donors (Lipinski definition) is 3. The molecule has 2 aromatic carbocycles. The van der Waals surface area contributed by atoms with E-state index in [0.717, 1.165) is 0 Å². The minimum absolute atomic E-state index is 0.0330. The summed E-state index contributed by atoms with van der Waals surface area (Å²) in [5.41, 5.74) is 4.45. The Morgan fingerprint density at radius 1 is 0.947 bits per heavy atom. The van der Waals surface area contributed by atoms with Gasteiger partial charge in [0.15, 0.2) is 17.4 Å². The third-order valence-corrected chi connectivity index (χ3v) is 11.7. The van der Waals surface area contributed by atoms with E-state index in [1.807, 2.05) is 0 Å². The molecule has 1 fully saturated rings. The molecule has 1 aliphatic rings. The summed E-state index contributed by atoms with van der Waals surface area (Å²) in [6, 6.07) is 15.8. The average molecular weight is 831 g/mol. The average Bonchev–Trinajstić information content (AvgIpc) is 3.72. The van der Waals surface area contributed by atoms with E-state index in [2.05, 4.69) is 31.2 Å². The van der Waals surface area contributed by atoms with Gasteiger partial charge in [0.1, 0.15) is 41.2 Å². The van der Waals surface area contributed by atoms with Gasteiger partial charge in [-0.15, -0.1) is 0 Å². The molecule has 0 amide bonds. The lowest BCUT2D eigenvalue weighted by molar-refractivity contribution is -0.145. The summed E-state index contributed by atoms with van der Waals surface area (Å²) < 4.78 is 76.8. The summed E-state index contributed by atoms with van der Waals surface area (Å²) in [5.74, 6) is -1.43. The van der Waals surface area contributed by atoms with E-state index >= 15 is 0 Å². The molecule has 22 heteroatoms. The molecule has 0 spiro atoms. The monoisotopic (exact) mass is 830 g/mol. The van der Waals surface area contributed by atoms with Gasteiger partial charge in [0.05, 0.1) is 39.3 Å². The molecule has 4 aromatic rings. The Bertz CT molecular complexity index is 2160. The van der Waals surface area contributed by atoms with Crippen molar-refractivity contribution in [3.05, 3.63) is 67.0 Å². The standard InChI is InChI=1S/C35H44N8O12P2/c1-7-49-31(44)22(3)41-56(46,53-24-15-11-9-12-16-24)51-19-26-28(55-57(47,42-23(4)32(45)50-8-2)54-25-17-13-10-14-18-25)35(5,20-36)33(52-26)43-21-38-27-29(43)39-34(37)40-30(27)48-6/h9-18,21-23,26,28,33H,7-8,19H2,1-6H3,(H,41,46)(H,42,47)(H2,37,39,40)/t22-,23-,26+,28+,33+,35+,56?,57?/m0/s1. The molecule has 306 valence electrons. The van der Waals surface area contributed by atoms with Gasteiger partial charge in [-0.05, 0) is 58.9 Å². The first-order chi connectivity index (χ1) is 27.2. The van der Waals surface area contributed by atoms with Crippen LogP contribution < -0.4 is 29.7 Å². The number of methoxy groups -OCH3 is 1. The fraction of sp³-hybridized carbons (Fsp3) is 0.429. The van der Waals surface area contributed by atoms with Crippen LogP contribution in [0.5, 0.6) is 17.4 Å². The second kappa shape index (κ2) is 18.4. The summed E-state index contributed by atoms with van der Waals surface area (Å²) in [4.78, 5) is 38.1. The Balaban J connectivity index is 1.59. The number of nitrogens with two attached hydrogens (primary N) is 1. The molecular weight excluding hydrogens is 786 g/mol. The van der Waals surface area contributed by atoms with Crippen molar-refractivity contribution in [3.8, 4) is 23.4 Å². The quantitative estimate of drug-likeness (QED) is 0.0854. The molecule has 0 bridgehead atoms. The van der Waals surface area contributed by atoms with Crippen LogP contribution in [0.2, 0.25) is 0 Å². The number of fused-ring (bicyclic) bond motifs is 1. The minimum Gasteiger partial charge on any atom is -0.479 e. The lowest BCUT2D eigenvalue weighted by Crippen LogP contribution is -2.43. The lowest BCUT2D eigenvalue weighted by Gasteiger charge is -2.32. The predicted octanol–water partition coefficient (Wildman–Crippen LogP) is 4.70. The molecule has 0 aliphatic carbocycles. The number of esters is 2. The van der Waals surface area contributed by atoms with Gasteiger partial charge < -0.3 is 33.7 Å². The van der Waals surface area contributed by atoms with Crippen molar-refractivity contribution in [2.24, 2.45) is 5.41 Å². The van der Waals surface area contributed by atoms with Crippen LogP contribution in [0.3, 0.4) is 0 Å². The summed E-state index contributed by atoms with van der Waals surface area (Å²) >= 11 is 0. The molecule has 57 heavy (non-hydrogen) atoms. The van der Waals surface area contributed by atoms with Crippen LogP contribution in [0.25, 0.3) is 11.2 Å². The van der Waals surface area contributed by atoms with E-state index in [0.29, 0.717) is 0 Å². The highest BCUT2D eigenvalue weighted by atomic mass is 31.2. The van der Waals surface area contributed by atoms with E-state index in [-0.39, 0.29) is 47.7 Å². The lowest BCUT2D eigenvalue weighted by atomic mass is 9.84. The predicted molar refractivity (Wildman–Crippen MR) is 203 cm³/mol. The molecule has 0 saturated carbocycles. The van der Waals surface area contributed by atoms with Gasteiger partial charge in [0.25, 0.3) is 0 Å². The highest BCUT2D eigenvalue weighted by Crippen LogP contribution is 2.56. The normalized spacial score (nSPS) is 22.3. The molecule has 8 atom stereocenters. The second-order valence-electron chi connectivity index (χ2n) is 12.7. The molecule has 2 aromatic heterocycles. The van der Waals surface area contributed by atoms with Crippen molar-refractivity contribution in [1.29, 1.82) is 5.26 Å². The number of hydrogen-bond acceptors (Lipinski definition) is 17. The number of nitrogen functional groups attached to an aromatic ring is 1. The third-order valence-electron chi connectivity index (χ3n) is 8.42. The molecule has 1 saturated heterocycles. The van der Waals surface area contributed by atoms with Gasteiger partial charge in [0.2, 0.25) is 11.8 Å². The zero-order valence-electron chi connectivity index (χ0n) is 32.0. The van der Waals surface area contributed by atoms with Gasteiger partial charge in [0, 0.05) is 0 Å². The first-order valence-electron chi connectivity index (χ1n) is 17.7.